The molecule has 0 amide bonds. The fourth-order valence-corrected chi connectivity index (χ4v) is 1.33. The lowest BCUT2D eigenvalue weighted by atomic mass is 10.4. The number of ether oxygens (including phenoxy) is 1. The van der Waals surface area contributed by atoms with E-state index in [0.717, 1.165) is 26.1 Å². The van der Waals surface area contributed by atoms with E-state index in [1.54, 1.807) is 18.0 Å². The SMILES string of the molecule is COCCNC(=S)NCCCn1ccnn1. The maximum absolute atomic E-state index is 5.07. The molecule has 7 heteroatoms. The Morgan fingerprint density at radius 2 is 2.25 bits per heavy atom. The topological polar surface area (TPSA) is 64.0 Å². The lowest BCUT2D eigenvalue weighted by molar-refractivity contribution is 0.204. The number of nitrogens with zero attached hydrogens (tertiary/aromatic N) is 3. The molecule has 0 aliphatic rings. The van der Waals surface area contributed by atoms with Gasteiger partial charge in [-0.1, -0.05) is 5.21 Å². The van der Waals surface area contributed by atoms with Crippen molar-refractivity contribution in [1.82, 2.24) is 25.6 Å². The first-order valence-electron chi connectivity index (χ1n) is 5.17. The number of thiocarbonyl (C=S) groups is 1. The molecule has 0 radical (unpaired) electrons. The van der Waals surface area contributed by atoms with Gasteiger partial charge in [-0.2, -0.15) is 0 Å². The Balaban J connectivity index is 1.96. The molecule has 90 valence electrons. The Bertz CT molecular complexity index is 290. The highest BCUT2D eigenvalue weighted by atomic mass is 32.1. The zero-order valence-electron chi connectivity index (χ0n) is 9.35. The minimum absolute atomic E-state index is 0.654. The molecule has 0 saturated carbocycles. The van der Waals surface area contributed by atoms with Gasteiger partial charge < -0.3 is 15.4 Å². The Hall–Kier alpha value is -1.21. The van der Waals surface area contributed by atoms with Crippen molar-refractivity contribution in [3.8, 4) is 0 Å². The van der Waals surface area contributed by atoms with Crippen LogP contribution < -0.4 is 10.6 Å². The van der Waals surface area contributed by atoms with Gasteiger partial charge in [-0.15, -0.1) is 5.10 Å². The van der Waals surface area contributed by atoms with Gasteiger partial charge in [0, 0.05) is 32.9 Å². The molecule has 2 N–H and O–H groups in total. The molecule has 0 aromatic carbocycles. The first kappa shape index (κ1) is 12.9. The lowest BCUT2D eigenvalue weighted by Crippen LogP contribution is -2.37. The second-order valence-corrected chi connectivity index (χ2v) is 3.60. The van der Waals surface area contributed by atoms with Gasteiger partial charge in [-0.05, 0) is 18.6 Å². The average molecular weight is 243 g/mol. The summed E-state index contributed by atoms with van der Waals surface area (Å²) in [5, 5.41) is 14.4. The third-order valence-corrected chi connectivity index (χ3v) is 2.20. The molecule has 6 nitrogen and oxygen atoms in total. The molecule has 0 bridgehead atoms. The molecule has 1 aromatic heterocycles. The third-order valence-electron chi connectivity index (χ3n) is 1.91. The van der Waals surface area contributed by atoms with Gasteiger partial charge in [0.2, 0.25) is 0 Å². The summed E-state index contributed by atoms with van der Waals surface area (Å²) >= 11 is 5.07. The number of aryl methyl sites for hydroxylation is 1. The second-order valence-electron chi connectivity index (χ2n) is 3.20. The smallest absolute Gasteiger partial charge is 0.166 e. The first-order valence-corrected chi connectivity index (χ1v) is 5.58. The number of methoxy groups -OCH3 is 1. The molecule has 0 aliphatic carbocycles. The number of hydrogen-bond acceptors (Lipinski definition) is 4. The van der Waals surface area contributed by atoms with Crippen molar-refractivity contribution in [3.05, 3.63) is 12.4 Å². The van der Waals surface area contributed by atoms with Crippen LogP contribution in [0.1, 0.15) is 6.42 Å². The number of nitrogens with one attached hydrogen (secondary N) is 2. The van der Waals surface area contributed by atoms with Crippen LogP contribution in [-0.2, 0) is 11.3 Å². The summed E-state index contributed by atoms with van der Waals surface area (Å²) in [5.74, 6) is 0. The number of rotatable bonds is 7. The van der Waals surface area contributed by atoms with E-state index in [1.807, 2.05) is 6.20 Å². The summed E-state index contributed by atoms with van der Waals surface area (Å²) in [6.45, 7) is 3.04. The summed E-state index contributed by atoms with van der Waals surface area (Å²) in [6, 6.07) is 0. The normalized spacial score (nSPS) is 10.1. The quantitative estimate of drug-likeness (QED) is 0.510. The van der Waals surface area contributed by atoms with Crippen LogP contribution in [-0.4, -0.2) is 46.9 Å². The van der Waals surface area contributed by atoms with Gasteiger partial charge in [0.05, 0.1) is 12.8 Å². The van der Waals surface area contributed by atoms with Crippen LogP contribution in [0.2, 0.25) is 0 Å². The van der Waals surface area contributed by atoms with Gasteiger partial charge in [-0.25, -0.2) is 0 Å². The van der Waals surface area contributed by atoms with Crippen LogP contribution in [0, 0.1) is 0 Å². The highest BCUT2D eigenvalue weighted by Crippen LogP contribution is 1.85. The zero-order valence-corrected chi connectivity index (χ0v) is 10.2. The summed E-state index contributed by atoms with van der Waals surface area (Å²) in [6.07, 6.45) is 4.47. The first-order chi connectivity index (χ1) is 7.83. The molecular weight excluding hydrogens is 226 g/mol. The van der Waals surface area contributed by atoms with Crippen molar-refractivity contribution in [2.24, 2.45) is 0 Å². The van der Waals surface area contributed by atoms with E-state index in [4.69, 9.17) is 17.0 Å². The van der Waals surface area contributed by atoms with Gasteiger partial charge in [-0.3, -0.25) is 4.68 Å². The van der Waals surface area contributed by atoms with E-state index in [9.17, 15) is 0 Å². The Kier molecular flexibility index (Phi) is 6.43. The van der Waals surface area contributed by atoms with E-state index < -0.39 is 0 Å². The van der Waals surface area contributed by atoms with Crippen molar-refractivity contribution in [3.63, 3.8) is 0 Å². The number of hydrogen-bond donors (Lipinski definition) is 2. The van der Waals surface area contributed by atoms with E-state index >= 15 is 0 Å². The van der Waals surface area contributed by atoms with Crippen molar-refractivity contribution in [2.45, 2.75) is 13.0 Å². The van der Waals surface area contributed by atoms with Gasteiger partial charge in [0.25, 0.3) is 0 Å². The molecule has 0 aliphatic heterocycles. The molecule has 1 heterocycles. The zero-order chi connectivity index (χ0) is 11.6. The molecule has 16 heavy (non-hydrogen) atoms. The predicted octanol–water partition coefficient (Wildman–Crippen LogP) is -0.221. The van der Waals surface area contributed by atoms with Crippen LogP contribution in [0.15, 0.2) is 12.4 Å². The standard InChI is InChI=1S/C9H17N5OS/c1-15-8-5-11-9(16)10-3-2-6-14-7-4-12-13-14/h4,7H,2-3,5-6,8H2,1H3,(H2,10,11,16). The Morgan fingerprint density at radius 3 is 2.94 bits per heavy atom. The van der Waals surface area contributed by atoms with Gasteiger partial charge in [0.15, 0.2) is 5.11 Å². The Morgan fingerprint density at radius 1 is 1.44 bits per heavy atom. The van der Waals surface area contributed by atoms with E-state index in [2.05, 4.69) is 20.9 Å². The van der Waals surface area contributed by atoms with Crippen molar-refractivity contribution >= 4 is 17.3 Å². The third kappa shape index (κ3) is 5.62. The second kappa shape index (κ2) is 8.00. The summed E-state index contributed by atoms with van der Waals surface area (Å²) in [4.78, 5) is 0. The van der Waals surface area contributed by atoms with E-state index in [-0.39, 0.29) is 0 Å². The van der Waals surface area contributed by atoms with Crippen molar-refractivity contribution in [1.29, 1.82) is 0 Å². The van der Waals surface area contributed by atoms with Crippen LogP contribution in [0.5, 0.6) is 0 Å². The average Bonchev–Trinajstić information content (AvgIpc) is 2.78. The highest BCUT2D eigenvalue weighted by Gasteiger charge is 1.95. The van der Waals surface area contributed by atoms with E-state index in [1.165, 1.54) is 0 Å². The monoisotopic (exact) mass is 243 g/mol. The summed E-state index contributed by atoms with van der Waals surface area (Å²) in [7, 11) is 1.66. The van der Waals surface area contributed by atoms with Gasteiger partial charge >= 0.3 is 0 Å². The minimum Gasteiger partial charge on any atom is -0.383 e. The van der Waals surface area contributed by atoms with Crippen LogP contribution in [0.25, 0.3) is 0 Å². The van der Waals surface area contributed by atoms with Crippen LogP contribution in [0.3, 0.4) is 0 Å². The molecule has 0 fully saturated rings. The largest absolute Gasteiger partial charge is 0.383 e. The fourth-order valence-electron chi connectivity index (χ4n) is 1.12. The van der Waals surface area contributed by atoms with E-state index in [0.29, 0.717) is 11.7 Å². The molecule has 0 saturated heterocycles. The maximum Gasteiger partial charge on any atom is 0.166 e. The van der Waals surface area contributed by atoms with Crippen molar-refractivity contribution < 1.29 is 4.74 Å². The van der Waals surface area contributed by atoms with Gasteiger partial charge in [0.1, 0.15) is 0 Å². The maximum atomic E-state index is 5.07. The predicted molar refractivity (Wildman–Crippen MR) is 65.1 cm³/mol. The lowest BCUT2D eigenvalue weighted by Gasteiger charge is -2.09. The summed E-state index contributed by atoms with van der Waals surface area (Å²) < 4.78 is 6.69. The highest BCUT2D eigenvalue weighted by molar-refractivity contribution is 7.80. The minimum atomic E-state index is 0.654. The Labute approximate surface area is 100 Å². The summed E-state index contributed by atoms with van der Waals surface area (Å²) in [5.41, 5.74) is 0. The molecule has 0 atom stereocenters. The molecule has 0 spiro atoms. The fraction of sp³-hybridized carbons (Fsp3) is 0.667. The molecular formula is C9H17N5OS. The molecule has 1 rings (SSSR count). The van der Waals surface area contributed by atoms with Crippen molar-refractivity contribution in [2.75, 3.05) is 26.8 Å². The number of aromatic nitrogens is 3. The van der Waals surface area contributed by atoms with Crippen LogP contribution >= 0.6 is 12.2 Å². The molecule has 0 unspecified atom stereocenters. The van der Waals surface area contributed by atoms with Crippen LogP contribution in [0.4, 0.5) is 0 Å². The molecule has 1 aromatic rings.